The third-order valence-electron chi connectivity index (χ3n) is 4.30. The Bertz CT molecular complexity index is 666. The zero-order valence-electron chi connectivity index (χ0n) is 14.8. The molecule has 1 aliphatic rings. The molecule has 0 saturated carbocycles. The van der Waals surface area contributed by atoms with Gasteiger partial charge in [-0.2, -0.15) is 8.78 Å². The molecule has 0 aromatic heterocycles. The summed E-state index contributed by atoms with van der Waals surface area (Å²) in [5, 5.41) is 5.65. The summed E-state index contributed by atoms with van der Waals surface area (Å²) in [6.07, 6.45) is -4.63. The highest BCUT2D eigenvalue weighted by atomic mass is 19.3. The van der Waals surface area contributed by atoms with Gasteiger partial charge in [0.2, 0.25) is 5.91 Å². The van der Waals surface area contributed by atoms with Crippen molar-refractivity contribution in [3.8, 4) is 11.5 Å². The number of amides is 1. The number of carbonyl (C=O) groups excluding carboxylic acids is 1. The molecule has 1 saturated heterocycles. The highest BCUT2D eigenvalue weighted by molar-refractivity contribution is 5.82. The van der Waals surface area contributed by atoms with Gasteiger partial charge in [0.1, 0.15) is 5.75 Å². The van der Waals surface area contributed by atoms with Crippen molar-refractivity contribution in [2.45, 2.75) is 50.8 Å². The SMILES string of the molecule is COc1cc(OC(C)C(F)(F)C(F)F)c(F)cc1CNC(=O)[C@@H]1CCCN1. The topological polar surface area (TPSA) is 59.6 Å². The Balaban J connectivity index is 2.10. The van der Waals surface area contributed by atoms with Crippen LogP contribution in [-0.2, 0) is 11.3 Å². The van der Waals surface area contributed by atoms with Gasteiger partial charge in [-0.1, -0.05) is 0 Å². The first-order chi connectivity index (χ1) is 12.7. The van der Waals surface area contributed by atoms with Crippen molar-refractivity contribution in [2.75, 3.05) is 13.7 Å². The lowest BCUT2D eigenvalue weighted by molar-refractivity contribution is -0.178. The predicted molar refractivity (Wildman–Crippen MR) is 86.9 cm³/mol. The van der Waals surface area contributed by atoms with Crippen molar-refractivity contribution >= 4 is 5.91 Å². The molecule has 1 aliphatic heterocycles. The summed E-state index contributed by atoms with van der Waals surface area (Å²) >= 11 is 0. The van der Waals surface area contributed by atoms with E-state index in [9.17, 15) is 26.7 Å². The van der Waals surface area contributed by atoms with Gasteiger partial charge in [0, 0.05) is 18.2 Å². The third-order valence-corrected chi connectivity index (χ3v) is 4.30. The van der Waals surface area contributed by atoms with Gasteiger partial charge in [-0.05, 0) is 32.4 Å². The summed E-state index contributed by atoms with van der Waals surface area (Å²) in [6, 6.07) is 1.62. The molecule has 1 amide bonds. The Kier molecular flexibility index (Phi) is 6.85. The molecule has 152 valence electrons. The Hall–Kier alpha value is -2.10. The largest absolute Gasteiger partial charge is 0.496 e. The average molecular weight is 396 g/mol. The maximum absolute atomic E-state index is 14.2. The van der Waals surface area contributed by atoms with Crippen LogP contribution < -0.4 is 20.1 Å². The van der Waals surface area contributed by atoms with Crippen LogP contribution in [0.5, 0.6) is 11.5 Å². The van der Waals surface area contributed by atoms with Gasteiger partial charge >= 0.3 is 12.3 Å². The van der Waals surface area contributed by atoms with Crippen LogP contribution >= 0.6 is 0 Å². The fourth-order valence-electron chi connectivity index (χ4n) is 2.65. The van der Waals surface area contributed by atoms with Gasteiger partial charge in [-0.25, -0.2) is 13.2 Å². The van der Waals surface area contributed by atoms with Gasteiger partial charge in [0.15, 0.2) is 17.7 Å². The van der Waals surface area contributed by atoms with Crippen molar-refractivity contribution < 1.29 is 36.2 Å². The first-order valence-electron chi connectivity index (χ1n) is 8.37. The van der Waals surface area contributed by atoms with E-state index in [0.29, 0.717) is 6.42 Å². The molecule has 1 heterocycles. The van der Waals surface area contributed by atoms with E-state index in [-0.39, 0.29) is 29.8 Å². The van der Waals surface area contributed by atoms with Crippen LogP contribution in [-0.4, -0.2) is 44.1 Å². The number of carbonyl (C=O) groups is 1. The minimum atomic E-state index is -4.44. The zero-order valence-corrected chi connectivity index (χ0v) is 14.8. The summed E-state index contributed by atoms with van der Waals surface area (Å²) in [6.45, 7) is 1.41. The lowest BCUT2D eigenvalue weighted by Gasteiger charge is -2.24. The van der Waals surface area contributed by atoms with Crippen molar-refractivity contribution in [3.05, 3.63) is 23.5 Å². The molecule has 1 aromatic rings. The fourth-order valence-corrected chi connectivity index (χ4v) is 2.65. The summed E-state index contributed by atoms with van der Waals surface area (Å²) in [4.78, 5) is 12.0. The van der Waals surface area contributed by atoms with E-state index in [1.165, 1.54) is 7.11 Å². The van der Waals surface area contributed by atoms with Crippen LogP contribution in [0.1, 0.15) is 25.3 Å². The standard InChI is InChI=1S/C17H21F5N2O3/c1-9(17(21,22)16(19)20)27-14-7-13(26-2)10(6-11(14)18)8-24-15(25)12-4-3-5-23-12/h6-7,9,12,16,23H,3-5,8H2,1-2H3,(H,24,25)/t9?,12-/m0/s1. The van der Waals surface area contributed by atoms with Crippen LogP contribution in [0.4, 0.5) is 22.0 Å². The van der Waals surface area contributed by atoms with Crippen molar-refractivity contribution in [3.63, 3.8) is 0 Å². The molecular formula is C17H21F5N2O3. The summed E-state index contributed by atoms with van der Waals surface area (Å²) in [5.41, 5.74) is 0.252. The molecule has 1 fully saturated rings. The maximum atomic E-state index is 14.2. The van der Waals surface area contributed by atoms with Gasteiger partial charge in [-0.15, -0.1) is 0 Å². The minimum absolute atomic E-state index is 0.0554. The molecule has 5 nitrogen and oxygen atoms in total. The average Bonchev–Trinajstić information content (AvgIpc) is 3.15. The second-order valence-corrected chi connectivity index (χ2v) is 6.20. The normalized spacial score (nSPS) is 18.4. The summed E-state index contributed by atoms with van der Waals surface area (Å²) in [5.74, 6) is -6.30. The van der Waals surface area contributed by atoms with Gasteiger partial charge in [-0.3, -0.25) is 4.79 Å². The lowest BCUT2D eigenvalue weighted by atomic mass is 10.1. The Morgan fingerprint density at radius 3 is 2.63 bits per heavy atom. The van der Waals surface area contributed by atoms with Crippen LogP contribution in [0, 0.1) is 5.82 Å². The monoisotopic (exact) mass is 396 g/mol. The molecule has 0 spiro atoms. The molecule has 27 heavy (non-hydrogen) atoms. The molecule has 0 radical (unpaired) electrons. The number of methoxy groups -OCH3 is 1. The maximum Gasteiger partial charge on any atom is 0.342 e. The molecule has 1 unspecified atom stereocenters. The highest BCUT2D eigenvalue weighted by Gasteiger charge is 2.48. The first-order valence-corrected chi connectivity index (χ1v) is 8.37. The van der Waals surface area contributed by atoms with Gasteiger partial charge < -0.3 is 20.1 Å². The van der Waals surface area contributed by atoms with Crippen LogP contribution in [0.25, 0.3) is 0 Å². The van der Waals surface area contributed by atoms with Gasteiger partial charge in [0.25, 0.3) is 0 Å². The molecular weight excluding hydrogens is 375 g/mol. The summed E-state index contributed by atoms with van der Waals surface area (Å²) < 4.78 is 75.3. The molecule has 1 aromatic carbocycles. The fraction of sp³-hybridized carbons (Fsp3) is 0.588. The quantitative estimate of drug-likeness (QED) is 0.664. The Morgan fingerprint density at radius 1 is 1.37 bits per heavy atom. The van der Waals surface area contributed by atoms with E-state index in [4.69, 9.17) is 9.47 Å². The molecule has 0 bridgehead atoms. The number of ether oxygens (including phenoxy) is 2. The molecule has 0 aliphatic carbocycles. The highest BCUT2D eigenvalue weighted by Crippen LogP contribution is 2.33. The Morgan fingerprint density at radius 2 is 2.07 bits per heavy atom. The first kappa shape index (κ1) is 21.2. The van der Waals surface area contributed by atoms with Gasteiger partial charge in [0.05, 0.1) is 13.2 Å². The molecule has 2 N–H and O–H groups in total. The molecule has 2 rings (SSSR count). The number of hydrogen-bond acceptors (Lipinski definition) is 4. The van der Waals surface area contributed by atoms with E-state index < -0.39 is 30.0 Å². The van der Waals surface area contributed by atoms with Crippen molar-refractivity contribution in [2.24, 2.45) is 0 Å². The number of rotatable bonds is 8. The van der Waals surface area contributed by atoms with E-state index in [2.05, 4.69) is 10.6 Å². The van der Waals surface area contributed by atoms with Crippen molar-refractivity contribution in [1.82, 2.24) is 10.6 Å². The smallest absolute Gasteiger partial charge is 0.342 e. The van der Waals surface area contributed by atoms with E-state index in [1.54, 1.807) is 0 Å². The number of benzene rings is 1. The summed E-state index contributed by atoms with van der Waals surface area (Å²) in [7, 11) is 1.26. The number of halogens is 5. The minimum Gasteiger partial charge on any atom is -0.496 e. The van der Waals surface area contributed by atoms with Crippen molar-refractivity contribution in [1.29, 1.82) is 0 Å². The van der Waals surface area contributed by atoms with Crippen LogP contribution in [0.2, 0.25) is 0 Å². The lowest BCUT2D eigenvalue weighted by Crippen LogP contribution is -2.42. The number of alkyl halides is 4. The zero-order chi connectivity index (χ0) is 20.2. The second-order valence-electron chi connectivity index (χ2n) is 6.20. The molecule has 10 heteroatoms. The van der Waals surface area contributed by atoms with E-state index in [0.717, 1.165) is 32.0 Å². The third kappa shape index (κ3) is 5.00. The number of hydrogen-bond donors (Lipinski definition) is 2. The second kappa shape index (κ2) is 8.73. The Labute approximate surface area is 153 Å². The predicted octanol–water partition coefficient (Wildman–Crippen LogP) is 2.87. The van der Waals surface area contributed by atoms with E-state index >= 15 is 0 Å². The van der Waals surface area contributed by atoms with E-state index in [1.807, 2.05) is 0 Å². The molecule has 2 atom stereocenters. The van der Waals surface area contributed by atoms with Crippen LogP contribution in [0.3, 0.4) is 0 Å². The number of nitrogens with one attached hydrogen (secondary N) is 2. The van der Waals surface area contributed by atoms with Crippen LogP contribution in [0.15, 0.2) is 12.1 Å².